The Morgan fingerprint density at radius 3 is 2.38 bits per heavy atom. The van der Waals surface area contributed by atoms with Crippen molar-refractivity contribution in [2.75, 3.05) is 13.1 Å². The molecule has 1 atom stereocenters. The standard InChI is InChI=1S/C17H23N3O4/c1-16(2,3)24-15(23)20-9-11(13(22)17(4,5)10-20)12(21)14-18-7-6-8-19-14/h6-8,11H,9-10H2,1-5H3/t11-/m1/s1. The molecule has 0 saturated carbocycles. The molecule has 1 fully saturated rings. The number of piperidine rings is 1. The van der Waals surface area contributed by atoms with Crippen molar-refractivity contribution >= 4 is 17.7 Å². The second-order valence-corrected chi connectivity index (χ2v) is 7.60. The van der Waals surface area contributed by atoms with Crippen LogP contribution < -0.4 is 0 Å². The number of ether oxygens (including phenoxy) is 1. The zero-order valence-electron chi connectivity index (χ0n) is 14.7. The maximum Gasteiger partial charge on any atom is 0.410 e. The first kappa shape index (κ1) is 18.0. The van der Waals surface area contributed by atoms with Crippen molar-refractivity contribution in [3.05, 3.63) is 24.3 Å². The smallest absolute Gasteiger partial charge is 0.410 e. The van der Waals surface area contributed by atoms with Crippen LogP contribution in [0, 0.1) is 11.3 Å². The molecule has 0 N–H and O–H groups in total. The molecule has 1 saturated heterocycles. The number of carbonyl (C=O) groups excluding carboxylic acids is 3. The van der Waals surface area contributed by atoms with E-state index in [4.69, 9.17) is 4.74 Å². The third-order valence-corrected chi connectivity index (χ3v) is 3.73. The molecule has 2 rings (SSSR count). The van der Waals surface area contributed by atoms with Crippen LogP contribution in [0.15, 0.2) is 18.5 Å². The summed E-state index contributed by atoms with van der Waals surface area (Å²) in [6.07, 6.45) is 2.36. The van der Waals surface area contributed by atoms with E-state index in [0.29, 0.717) is 0 Å². The average molecular weight is 333 g/mol. The van der Waals surface area contributed by atoms with Gasteiger partial charge in [-0.3, -0.25) is 9.59 Å². The second-order valence-electron chi connectivity index (χ2n) is 7.60. The van der Waals surface area contributed by atoms with E-state index in [1.165, 1.54) is 17.3 Å². The van der Waals surface area contributed by atoms with Gasteiger partial charge in [-0.25, -0.2) is 14.8 Å². The molecule has 1 aliphatic heterocycles. The number of rotatable bonds is 2. The topological polar surface area (TPSA) is 89.5 Å². The molecule has 0 spiro atoms. The van der Waals surface area contributed by atoms with E-state index in [-0.39, 0.29) is 24.7 Å². The predicted octanol–water partition coefficient (Wildman–Crippen LogP) is 2.12. The number of likely N-dealkylation sites (tertiary alicyclic amines) is 1. The summed E-state index contributed by atoms with van der Waals surface area (Å²) in [5, 5.41) is 0. The van der Waals surface area contributed by atoms with E-state index in [1.807, 2.05) is 0 Å². The van der Waals surface area contributed by atoms with Crippen LogP contribution in [0.25, 0.3) is 0 Å². The zero-order chi connectivity index (χ0) is 18.1. The van der Waals surface area contributed by atoms with Crippen molar-refractivity contribution < 1.29 is 19.1 Å². The molecule has 1 aromatic heterocycles. The van der Waals surface area contributed by atoms with E-state index in [0.717, 1.165) is 0 Å². The number of nitrogens with zero attached hydrogens (tertiary/aromatic N) is 3. The molecule has 1 aliphatic rings. The Hall–Kier alpha value is -2.31. The van der Waals surface area contributed by atoms with E-state index < -0.39 is 28.8 Å². The quantitative estimate of drug-likeness (QED) is 0.608. The van der Waals surface area contributed by atoms with Crippen LogP contribution in [0.3, 0.4) is 0 Å². The molecule has 0 unspecified atom stereocenters. The van der Waals surface area contributed by atoms with Gasteiger partial charge in [-0.15, -0.1) is 0 Å². The van der Waals surface area contributed by atoms with Crippen LogP contribution in [-0.2, 0) is 9.53 Å². The summed E-state index contributed by atoms with van der Waals surface area (Å²) in [5.41, 5.74) is -1.49. The minimum absolute atomic E-state index is 0.0160. The van der Waals surface area contributed by atoms with Gasteiger partial charge in [0, 0.05) is 30.9 Å². The summed E-state index contributed by atoms with van der Waals surface area (Å²) >= 11 is 0. The van der Waals surface area contributed by atoms with Crippen LogP contribution >= 0.6 is 0 Å². The normalized spacial score (nSPS) is 20.6. The Morgan fingerprint density at radius 2 is 1.83 bits per heavy atom. The number of hydrogen-bond acceptors (Lipinski definition) is 6. The molecule has 130 valence electrons. The fraction of sp³-hybridized carbons (Fsp3) is 0.588. The fourth-order valence-corrected chi connectivity index (χ4v) is 2.64. The SMILES string of the molecule is CC(C)(C)OC(=O)N1C[C@H](C(=O)c2ncccn2)C(=O)C(C)(C)C1. The number of carbonyl (C=O) groups is 3. The highest BCUT2D eigenvalue weighted by Crippen LogP contribution is 2.31. The van der Waals surface area contributed by atoms with Gasteiger partial charge in [0.05, 0.1) is 0 Å². The molecular weight excluding hydrogens is 310 g/mol. The Balaban J connectivity index is 2.26. The van der Waals surface area contributed by atoms with Gasteiger partial charge in [-0.05, 0) is 26.8 Å². The number of amides is 1. The Kier molecular flexibility index (Phi) is 4.73. The monoisotopic (exact) mass is 333 g/mol. The highest BCUT2D eigenvalue weighted by Gasteiger charge is 2.47. The molecule has 0 radical (unpaired) electrons. The first-order valence-electron chi connectivity index (χ1n) is 7.85. The molecule has 7 heteroatoms. The third kappa shape index (κ3) is 3.96. The highest BCUT2D eigenvalue weighted by molar-refractivity contribution is 6.11. The summed E-state index contributed by atoms with van der Waals surface area (Å²) in [4.78, 5) is 46.9. The summed E-state index contributed by atoms with van der Waals surface area (Å²) in [6, 6.07) is 1.59. The van der Waals surface area contributed by atoms with Gasteiger partial charge in [-0.2, -0.15) is 0 Å². The van der Waals surface area contributed by atoms with Gasteiger partial charge >= 0.3 is 6.09 Å². The van der Waals surface area contributed by atoms with Gasteiger partial charge in [-0.1, -0.05) is 13.8 Å². The third-order valence-electron chi connectivity index (χ3n) is 3.73. The minimum Gasteiger partial charge on any atom is -0.444 e. The Bertz CT molecular complexity index is 650. The van der Waals surface area contributed by atoms with Crippen molar-refractivity contribution in [2.24, 2.45) is 11.3 Å². The fourth-order valence-electron chi connectivity index (χ4n) is 2.64. The van der Waals surface area contributed by atoms with Gasteiger partial charge in [0.25, 0.3) is 0 Å². The van der Waals surface area contributed by atoms with E-state index in [9.17, 15) is 14.4 Å². The molecular formula is C17H23N3O4. The summed E-state index contributed by atoms with van der Waals surface area (Å²) in [6.45, 7) is 8.94. The molecule has 1 aromatic rings. The van der Waals surface area contributed by atoms with Gasteiger partial charge in [0.1, 0.15) is 11.5 Å². The van der Waals surface area contributed by atoms with Crippen molar-refractivity contribution in [1.82, 2.24) is 14.9 Å². The Morgan fingerprint density at radius 1 is 1.25 bits per heavy atom. The molecule has 24 heavy (non-hydrogen) atoms. The first-order chi connectivity index (χ1) is 11.0. The number of ketones is 2. The summed E-state index contributed by atoms with van der Waals surface area (Å²) in [7, 11) is 0. The van der Waals surface area contributed by atoms with Crippen LogP contribution in [0.5, 0.6) is 0 Å². The minimum atomic E-state index is -0.983. The average Bonchev–Trinajstić information content (AvgIpc) is 2.48. The maximum atomic E-state index is 12.7. The van der Waals surface area contributed by atoms with E-state index >= 15 is 0 Å². The predicted molar refractivity (Wildman–Crippen MR) is 86.4 cm³/mol. The van der Waals surface area contributed by atoms with Crippen LogP contribution in [0.4, 0.5) is 4.79 Å². The number of Topliss-reactive ketones (excluding diaryl/α,β-unsaturated/α-hetero) is 2. The van der Waals surface area contributed by atoms with Crippen LogP contribution in [0.2, 0.25) is 0 Å². The lowest BCUT2D eigenvalue weighted by Crippen LogP contribution is -2.56. The van der Waals surface area contributed by atoms with Crippen molar-refractivity contribution in [3.63, 3.8) is 0 Å². The first-order valence-corrected chi connectivity index (χ1v) is 7.85. The molecule has 7 nitrogen and oxygen atoms in total. The lowest BCUT2D eigenvalue weighted by atomic mass is 9.75. The number of hydrogen-bond donors (Lipinski definition) is 0. The highest BCUT2D eigenvalue weighted by atomic mass is 16.6. The largest absolute Gasteiger partial charge is 0.444 e. The molecule has 2 heterocycles. The van der Waals surface area contributed by atoms with Gasteiger partial charge in [0.2, 0.25) is 5.78 Å². The second kappa shape index (κ2) is 6.30. The summed E-state index contributed by atoms with van der Waals surface area (Å²) < 4.78 is 5.37. The van der Waals surface area contributed by atoms with Crippen LogP contribution in [0.1, 0.15) is 45.2 Å². The molecule has 0 bridgehead atoms. The van der Waals surface area contributed by atoms with Crippen molar-refractivity contribution in [1.29, 1.82) is 0 Å². The zero-order valence-corrected chi connectivity index (χ0v) is 14.7. The lowest BCUT2D eigenvalue weighted by molar-refractivity contribution is -0.134. The molecule has 0 aromatic carbocycles. The van der Waals surface area contributed by atoms with Gasteiger partial charge in [0.15, 0.2) is 11.6 Å². The van der Waals surface area contributed by atoms with Gasteiger partial charge < -0.3 is 9.64 Å². The van der Waals surface area contributed by atoms with E-state index in [1.54, 1.807) is 40.7 Å². The van der Waals surface area contributed by atoms with Crippen LogP contribution in [-0.4, -0.2) is 51.2 Å². The lowest BCUT2D eigenvalue weighted by Gasteiger charge is -2.40. The maximum absolute atomic E-state index is 12.7. The van der Waals surface area contributed by atoms with Crippen molar-refractivity contribution in [3.8, 4) is 0 Å². The summed E-state index contributed by atoms with van der Waals surface area (Å²) in [5.74, 6) is -1.68. The number of aromatic nitrogens is 2. The molecule has 1 amide bonds. The van der Waals surface area contributed by atoms with E-state index in [2.05, 4.69) is 9.97 Å². The molecule has 0 aliphatic carbocycles. The van der Waals surface area contributed by atoms with Crippen molar-refractivity contribution in [2.45, 2.75) is 40.2 Å². The Labute approximate surface area is 141 Å².